The second-order valence-corrected chi connectivity index (χ2v) is 6.71. The number of nitrogens with zero attached hydrogens (tertiary/aromatic N) is 1. The average Bonchev–Trinajstić information content (AvgIpc) is 2.67. The molecule has 0 spiro atoms. The summed E-state index contributed by atoms with van der Waals surface area (Å²) in [4.78, 5) is 14.6. The van der Waals surface area contributed by atoms with E-state index >= 15 is 0 Å². The van der Waals surface area contributed by atoms with E-state index in [0.717, 1.165) is 37.2 Å². The minimum atomic E-state index is -0.476. The molecule has 0 saturated carbocycles. The van der Waals surface area contributed by atoms with Crippen molar-refractivity contribution in [2.75, 3.05) is 19.7 Å². The molecule has 2 aromatic carbocycles. The van der Waals surface area contributed by atoms with Crippen LogP contribution in [0.5, 0.6) is 5.75 Å². The zero-order chi connectivity index (χ0) is 17.5. The van der Waals surface area contributed by atoms with Gasteiger partial charge in [-0.25, -0.2) is 0 Å². The zero-order valence-corrected chi connectivity index (χ0v) is 14.5. The van der Waals surface area contributed by atoms with Crippen LogP contribution in [0.2, 0.25) is 0 Å². The summed E-state index contributed by atoms with van der Waals surface area (Å²) in [6, 6.07) is 19.3. The van der Waals surface area contributed by atoms with Crippen LogP contribution in [0, 0.1) is 5.92 Å². The smallest absolute Gasteiger partial charge is 0.239 e. The van der Waals surface area contributed by atoms with Gasteiger partial charge in [0.1, 0.15) is 5.75 Å². The van der Waals surface area contributed by atoms with Gasteiger partial charge in [0.05, 0.1) is 12.6 Å². The Labute approximate surface area is 149 Å². The molecule has 1 fully saturated rings. The molecule has 0 bridgehead atoms. The van der Waals surface area contributed by atoms with E-state index in [2.05, 4.69) is 0 Å². The Morgan fingerprint density at radius 2 is 1.80 bits per heavy atom. The Kier molecular flexibility index (Phi) is 6.07. The van der Waals surface area contributed by atoms with Crippen LogP contribution in [0.1, 0.15) is 18.4 Å². The summed E-state index contributed by atoms with van der Waals surface area (Å²) in [6.07, 6.45) is 2.68. The number of hydrogen-bond acceptors (Lipinski definition) is 3. The predicted molar refractivity (Wildman–Crippen MR) is 99.4 cm³/mol. The van der Waals surface area contributed by atoms with Crippen molar-refractivity contribution in [3.05, 3.63) is 66.2 Å². The molecule has 1 unspecified atom stereocenters. The number of carbonyl (C=O) groups excluding carboxylic acids is 1. The minimum Gasteiger partial charge on any atom is -0.493 e. The highest BCUT2D eigenvalue weighted by atomic mass is 16.5. The standard InChI is InChI=1S/C21H26N2O2/c22-20(14-17-8-3-1-4-9-17)21(24)23-13-7-10-18(15-23)16-25-19-11-5-2-6-12-19/h1-6,8-9,11-12,18,20H,7,10,13-16,22H2/t18?,20-/m0/s1. The van der Waals surface area contributed by atoms with Gasteiger partial charge in [-0.1, -0.05) is 48.5 Å². The molecule has 3 rings (SSSR count). The van der Waals surface area contributed by atoms with Crippen LogP contribution in [0.4, 0.5) is 0 Å². The second kappa shape index (κ2) is 8.67. The molecule has 132 valence electrons. The third kappa shape index (κ3) is 5.07. The van der Waals surface area contributed by atoms with Crippen molar-refractivity contribution in [3.63, 3.8) is 0 Å². The lowest BCUT2D eigenvalue weighted by molar-refractivity contribution is -0.134. The molecule has 1 aliphatic heterocycles. The molecule has 4 heteroatoms. The molecular weight excluding hydrogens is 312 g/mol. The lowest BCUT2D eigenvalue weighted by Gasteiger charge is -2.34. The molecule has 1 amide bonds. The molecule has 4 nitrogen and oxygen atoms in total. The molecule has 1 aliphatic rings. The summed E-state index contributed by atoms with van der Waals surface area (Å²) < 4.78 is 5.86. The molecule has 0 aromatic heterocycles. The Morgan fingerprint density at radius 1 is 1.12 bits per heavy atom. The van der Waals surface area contributed by atoms with E-state index < -0.39 is 6.04 Å². The first-order valence-electron chi connectivity index (χ1n) is 8.98. The monoisotopic (exact) mass is 338 g/mol. The van der Waals surface area contributed by atoms with Crippen molar-refractivity contribution >= 4 is 5.91 Å². The summed E-state index contributed by atoms with van der Waals surface area (Å²) in [5.74, 6) is 1.29. The molecule has 2 aromatic rings. The van der Waals surface area contributed by atoms with Crippen LogP contribution in [-0.4, -0.2) is 36.5 Å². The normalized spacial score (nSPS) is 18.6. The van der Waals surface area contributed by atoms with Crippen molar-refractivity contribution in [2.24, 2.45) is 11.7 Å². The number of nitrogens with two attached hydrogens (primary N) is 1. The number of para-hydroxylation sites is 1. The minimum absolute atomic E-state index is 0.0493. The Hall–Kier alpha value is -2.33. The van der Waals surface area contributed by atoms with Crippen molar-refractivity contribution in [1.29, 1.82) is 0 Å². The number of hydrogen-bond donors (Lipinski definition) is 1. The third-order valence-corrected chi connectivity index (χ3v) is 4.68. The van der Waals surface area contributed by atoms with Crippen LogP contribution >= 0.6 is 0 Å². The summed E-state index contributed by atoms with van der Waals surface area (Å²) in [5, 5.41) is 0. The topological polar surface area (TPSA) is 55.6 Å². The van der Waals surface area contributed by atoms with Crippen LogP contribution in [0.15, 0.2) is 60.7 Å². The van der Waals surface area contributed by atoms with E-state index in [0.29, 0.717) is 18.9 Å². The van der Waals surface area contributed by atoms with Crippen LogP contribution in [-0.2, 0) is 11.2 Å². The lowest BCUT2D eigenvalue weighted by Crippen LogP contribution is -2.49. The maximum Gasteiger partial charge on any atom is 0.239 e. The van der Waals surface area contributed by atoms with E-state index in [1.807, 2.05) is 65.6 Å². The summed E-state index contributed by atoms with van der Waals surface area (Å²) in [6.45, 7) is 2.17. The van der Waals surface area contributed by atoms with E-state index in [-0.39, 0.29) is 5.91 Å². The molecule has 1 heterocycles. The van der Waals surface area contributed by atoms with Gasteiger partial charge in [-0.3, -0.25) is 4.79 Å². The fraction of sp³-hybridized carbons (Fsp3) is 0.381. The molecule has 1 saturated heterocycles. The first-order valence-corrected chi connectivity index (χ1v) is 8.98. The third-order valence-electron chi connectivity index (χ3n) is 4.68. The highest BCUT2D eigenvalue weighted by Crippen LogP contribution is 2.19. The predicted octanol–water partition coefficient (Wildman–Crippen LogP) is 2.87. The largest absolute Gasteiger partial charge is 0.493 e. The maximum atomic E-state index is 12.7. The average molecular weight is 338 g/mol. The number of carbonyl (C=O) groups is 1. The van der Waals surface area contributed by atoms with Gasteiger partial charge in [0.25, 0.3) is 0 Å². The van der Waals surface area contributed by atoms with Crippen molar-refractivity contribution in [2.45, 2.75) is 25.3 Å². The Morgan fingerprint density at radius 3 is 2.52 bits per heavy atom. The molecule has 2 atom stereocenters. The number of piperidine rings is 1. The summed E-state index contributed by atoms with van der Waals surface area (Å²) in [5.41, 5.74) is 7.27. The lowest BCUT2D eigenvalue weighted by atomic mass is 9.97. The molecule has 0 radical (unpaired) electrons. The summed E-state index contributed by atoms with van der Waals surface area (Å²) >= 11 is 0. The summed E-state index contributed by atoms with van der Waals surface area (Å²) in [7, 11) is 0. The second-order valence-electron chi connectivity index (χ2n) is 6.71. The van der Waals surface area contributed by atoms with Crippen LogP contribution in [0.25, 0.3) is 0 Å². The fourth-order valence-electron chi connectivity index (χ4n) is 3.32. The number of rotatable bonds is 6. The van der Waals surface area contributed by atoms with Gasteiger partial charge >= 0.3 is 0 Å². The molecule has 2 N–H and O–H groups in total. The van der Waals surface area contributed by atoms with Gasteiger partial charge in [0, 0.05) is 19.0 Å². The fourth-order valence-corrected chi connectivity index (χ4v) is 3.32. The Balaban J connectivity index is 1.50. The van der Waals surface area contributed by atoms with Crippen molar-refractivity contribution < 1.29 is 9.53 Å². The maximum absolute atomic E-state index is 12.7. The first-order chi connectivity index (χ1) is 12.2. The number of amides is 1. The van der Waals surface area contributed by atoms with E-state index in [9.17, 15) is 4.79 Å². The SMILES string of the molecule is N[C@@H](Cc1ccccc1)C(=O)N1CCCC(COc2ccccc2)C1. The number of likely N-dealkylation sites (tertiary alicyclic amines) is 1. The molecule has 25 heavy (non-hydrogen) atoms. The van der Waals surface area contributed by atoms with Gasteiger partial charge in [0.15, 0.2) is 0 Å². The molecular formula is C21H26N2O2. The van der Waals surface area contributed by atoms with Gasteiger partial charge in [-0.2, -0.15) is 0 Å². The van der Waals surface area contributed by atoms with Crippen LogP contribution < -0.4 is 10.5 Å². The van der Waals surface area contributed by atoms with E-state index in [1.54, 1.807) is 0 Å². The van der Waals surface area contributed by atoms with Crippen molar-refractivity contribution in [1.82, 2.24) is 4.90 Å². The van der Waals surface area contributed by atoms with E-state index in [4.69, 9.17) is 10.5 Å². The number of benzene rings is 2. The number of ether oxygens (including phenoxy) is 1. The first kappa shape index (κ1) is 17.5. The quantitative estimate of drug-likeness (QED) is 0.881. The van der Waals surface area contributed by atoms with E-state index in [1.165, 1.54) is 0 Å². The molecule has 0 aliphatic carbocycles. The van der Waals surface area contributed by atoms with Gasteiger partial charge < -0.3 is 15.4 Å². The van der Waals surface area contributed by atoms with Crippen molar-refractivity contribution in [3.8, 4) is 5.75 Å². The highest BCUT2D eigenvalue weighted by Gasteiger charge is 2.27. The van der Waals surface area contributed by atoms with Gasteiger partial charge in [-0.15, -0.1) is 0 Å². The highest BCUT2D eigenvalue weighted by molar-refractivity contribution is 5.82. The Bertz CT molecular complexity index is 660. The van der Waals surface area contributed by atoms with Crippen LogP contribution in [0.3, 0.4) is 0 Å². The van der Waals surface area contributed by atoms with Gasteiger partial charge in [-0.05, 0) is 37.0 Å². The zero-order valence-electron chi connectivity index (χ0n) is 14.5. The van der Waals surface area contributed by atoms with Gasteiger partial charge in [0.2, 0.25) is 5.91 Å².